The van der Waals surface area contributed by atoms with Crippen molar-refractivity contribution in [3.63, 3.8) is 0 Å². The molecule has 0 radical (unpaired) electrons. The number of rotatable bonds is 1. The molecule has 2 heterocycles. The van der Waals surface area contributed by atoms with E-state index >= 15 is 0 Å². The molecule has 0 bridgehead atoms. The van der Waals surface area contributed by atoms with Crippen molar-refractivity contribution in [1.82, 2.24) is 10.2 Å². The third-order valence-corrected chi connectivity index (χ3v) is 4.82. The fourth-order valence-corrected chi connectivity index (χ4v) is 3.45. The second kappa shape index (κ2) is 4.84. The molecule has 1 N–H and O–H groups in total. The molecule has 0 aliphatic carbocycles. The summed E-state index contributed by atoms with van der Waals surface area (Å²) in [4.78, 5) is 2.63. The molecule has 88 valence electrons. The molecule has 1 spiro atoms. The summed E-state index contributed by atoms with van der Waals surface area (Å²) in [5.74, 6) is 0.878. The quantitative estimate of drug-likeness (QED) is 0.713. The molecule has 2 aliphatic rings. The first-order chi connectivity index (χ1) is 7.27. The van der Waals surface area contributed by atoms with Crippen molar-refractivity contribution in [1.29, 1.82) is 0 Å². The van der Waals surface area contributed by atoms with Crippen LogP contribution in [0.4, 0.5) is 0 Å². The number of nitrogens with zero attached hydrogens (tertiary/aromatic N) is 1. The van der Waals surface area contributed by atoms with Gasteiger partial charge in [0, 0.05) is 0 Å². The Labute approximate surface area is 94.4 Å². The lowest BCUT2D eigenvalue weighted by Crippen LogP contribution is -2.44. The van der Waals surface area contributed by atoms with E-state index in [1.165, 1.54) is 58.4 Å². The predicted molar refractivity (Wildman–Crippen MR) is 65.0 cm³/mol. The molecule has 2 unspecified atom stereocenters. The van der Waals surface area contributed by atoms with Crippen LogP contribution in [0.15, 0.2) is 0 Å². The lowest BCUT2D eigenvalue weighted by atomic mass is 9.67. The Hall–Kier alpha value is -0.0800. The van der Waals surface area contributed by atoms with Crippen LogP contribution < -0.4 is 5.32 Å². The van der Waals surface area contributed by atoms with Crippen LogP contribution in [0.2, 0.25) is 0 Å². The van der Waals surface area contributed by atoms with Gasteiger partial charge in [-0.25, -0.2) is 0 Å². The van der Waals surface area contributed by atoms with Crippen LogP contribution in [-0.2, 0) is 0 Å². The number of nitrogens with one attached hydrogen (secondary N) is 1. The van der Waals surface area contributed by atoms with E-state index in [1.54, 1.807) is 0 Å². The van der Waals surface area contributed by atoms with E-state index in [9.17, 15) is 0 Å². The highest BCUT2D eigenvalue weighted by molar-refractivity contribution is 4.91. The standard InChI is InChI=1S/C13H26N2/c1-3-15-9-4-5-13(7-10-15)6-8-14-11-12(13)2/h12,14H,3-11H2,1-2H3. The minimum Gasteiger partial charge on any atom is -0.316 e. The summed E-state index contributed by atoms with van der Waals surface area (Å²) in [6.07, 6.45) is 5.72. The molecule has 0 amide bonds. The van der Waals surface area contributed by atoms with Crippen molar-refractivity contribution >= 4 is 0 Å². The fraction of sp³-hybridized carbons (Fsp3) is 1.00. The van der Waals surface area contributed by atoms with Gasteiger partial charge in [0.2, 0.25) is 0 Å². The van der Waals surface area contributed by atoms with Crippen LogP contribution in [0.5, 0.6) is 0 Å². The first-order valence-electron chi connectivity index (χ1n) is 6.70. The van der Waals surface area contributed by atoms with Crippen LogP contribution in [0.1, 0.15) is 39.5 Å². The molecule has 2 fully saturated rings. The summed E-state index contributed by atoms with van der Waals surface area (Å²) < 4.78 is 0. The number of piperidine rings is 1. The summed E-state index contributed by atoms with van der Waals surface area (Å²) in [6, 6.07) is 0. The van der Waals surface area contributed by atoms with E-state index < -0.39 is 0 Å². The van der Waals surface area contributed by atoms with Crippen molar-refractivity contribution in [3.8, 4) is 0 Å². The van der Waals surface area contributed by atoms with Gasteiger partial charge in [0.15, 0.2) is 0 Å². The number of likely N-dealkylation sites (tertiary alicyclic amines) is 1. The second-order valence-electron chi connectivity index (χ2n) is 5.51. The lowest BCUT2D eigenvalue weighted by Gasteiger charge is -2.43. The van der Waals surface area contributed by atoms with Gasteiger partial charge in [-0.05, 0) is 69.7 Å². The third-order valence-electron chi connectivity index (χ3n) is 4.82. The maximum Gasteiger partial charge on any atom is -0.00134 e. The van der Waals surface area contributed by atoms with E-state index in [4.69, 9.17) is 0 Å². The average Bonchev–Trinajstić information content (AvgIpc) is 2.46. The Morgan fingerprint density at radius 2 is 2.13 bits per heavy atom. The van der Waals surface area contributed by atoms with Crippen molar-refractivity contribution < 1.29 is 0 Å². The molecule has 2 nitrogen and oxygen atoms in total. The Kier molecular flexibility index (Phi) is 3.68. The maximum atomic E-state index is 3.54. The van der Waals surface area contributed by atoms with Gasteiger partial charge < -0.3 is 10.2 Å². The van der Waals surface area contributed by atoms with Gasteiger partial charge in [-0.1, -0.05) is 13.8 Å². The summed E-state index contributed by atoms with van der Waals surface area (Å²) in [5.41, 5.74) is 0.676. The first-order valence-corrected chi connectivity index (χ1v) is 6.70. The Bertz CT molecular complexity index is 205. The maximum absolute atomic E-state index is 3.54. The minimum atomic E-state index is 0.676. The van der Waals surface area contributed by atoms with Gasteiger partial charge in [0.1, 0.15) is 0 Å². The monoisotopic (exact) mass is 210 g/mol. The smallest absolute Gasteiger partial charge is 0.00134 e. The fourth-order valence-electron chi connectivity index (χ4n) is 3.45. The first kappa shape index (κ1) is 11.4. The summed E-state index contributed by atoms with van der Waals surface area (Å²) >= 11 is 0. The number of hydrogen-bond donors (Lipinski definition) is 1. The zero-order valence-electron chi connectivity index (χ0n) is 10.4. The zero-order valence-corrected chi connectivity index (χ0v) is 10.4. The second-order valence-corrected chi connectivity index (χ2v) is 5.51. The van der Waals surface area contributed by atoms with Gasteiger partial charge in [0.25, 0.3) is 0 Å². The van der Waals surface area contributed by atoms with E-state index in [1.807, 2.05) is 0 Å². The molecule has 2 aliphatic heterocycles. The van der Waals surface area contributed by atoms with Crippen LogP contribution in [0, 0.1) is 11.3 Å². The predicted octanol–water partition coefficient (Wildman–Crippen LogP) is 2.11. The summed E-state index contributed by atoms with van der Waals surface area (Å²) in [6.45, 7) is 11.1. The molecule has 2 rings (SSSR count). The highest BCUT2D eigenvalue weighted by atomic mass is 15.1. The van der Waals surface area contributed by atoms with Gasteiger partial charge >= 0.3 is 0 Å². The third kappa shape index (κ3) is 2.36. The molecular weight excluding hydrogens is 184 g/mol. The van der Waals surface area contributed by atoms with Crippen LogP contribution in [0.25, 0.3) is 0 Å². The topological polar surface area (TPSA) is 15.3 Å². The molecule has 0 saturated carbocycles. The molecule has 15 heavy (non-hydrogen) atoms. The highest BCUT2D eigenvalue weighted by Crippen LogP contribution is 2.43. The van der Waals surface area contributed by atoms with Crippen molar-refractivity contribution in [2.24, 2.45) is 11.3 Å². The molecule has 2 heteroatoms. The molecule has 0 aromatic carbocycles. The minimum absolute atomic E-state index is 0.676. The molecule has 0 aromatic heterocycles. The van der Waals surface area contributed by atoms with E-state index in [-0.39, 0.29) is 0 Å². The van der Waals surface area contributed by atoms with Gasteiger partial charge in [-0.15, -0.1) is 0 Å². The van der Waals surface area contributed by atoms with E-state index in [0.717, 1.165) is 5.92 Å². The van der Waals surface area contributed by atoms with Gasteiger partial charge in [-0.3, -0.25) is 0 Å². The Morgan fingerprint density at radius 1 is 1.27 bits per heavy atom. The van der Waals surface area contributed by atoms with Crippen molar-refractivity contribution in [2.75, 3.05) is 32.7 Å². The summed E-state index contributed by atoms with van der Waals surface area (Å²) in [5, 5.41) is 3.54. The van der Waals surface area contributed by atoms with Crippen molar-refractivity contribution in [3.05, 3.63) is 0 Å². The molecule has 0 aromatic rings. The Morgan fingerprint density at radius 3 is 2.87 bits per heavy atom. The Balaban J connectivity index is 2.01. The average molecular weight is 210 g/mol. The van der Waals surface area contributed by atoms with E-state index in [2.05, 4.69) is 24.1 Å². The largest absolute Gasteiger partial charge is 0.316 e. The normalized spacial score (nSPS) is 39.2. The SMILES string of the molecule is CCN1CCCC2(CCNCC2C)CC1. The molecule has 2 saturated heterocycles. The van der Waals surface area contributed by atoms with Crippen LogP contribution >= 0.6 is 0 Å². The lowest BCUT2D eigenvalue weighted by molar-refractivity contribution is 0.0987. The highest BCUT2D eigenvalue weighted by Gasteiger charge is 2.38. The van der Waals surface area contributed by atoms with Gasteiger partial charge in [-0.2, -0.15) is 0 Å². The molecule has 2 atom stereocenters. The van der Waals surface area contributed by atoms with Crippen LogP contribution in [-0.4, -0.2) is 37.6 Å². The van der Waals surface area contributed by atoms with E-state index in [0.29, 0.717) is 5.41 Å². The zero-order chi connectivity index (χ0) is 10.7. The number of hydrogen-bond acceptors (Lipinski definition) is 2. The molecular formula is C13H26N2. The summed E-state index contributed by atoms with van der Waals surface area (Å²) in [7, 11) is 0. The van der Waals surface area contributed by atoms with Gasteiger partial charge in [0.05, 0.1) is 0 Å². The van der Waals surface area contributed by atoms with Crippen LogP contribution in [0.3, 0.4) is 0 Å². The van der Waals surface area contributed by atoms with Crippen molar-refractivity contribution in [2.45, 2.75) is 39.5 Å².